The van der Waals surface area contributed by atoms with Crippen LogP contribution >= 0.6 is 0 Å². The number of rotatable bonds is 6. The molecule has 0 saturated carbocycles. The molecule has 0 saturated heterocycles. The van der Waals surface area contributed by atoms with Crippen LogP contribution in [0.25, 0.3) is 0 Å². The molecule has 0 rings (SSSR count). The van der Waals surface area contributed by atoms with Crippen LogP contribution in [-0.4, -0.2) is 23.7 Å². The lowest BCUT2D eigenvalue weighted by Gasteiger charge is -2.39. The summed E-state index contributed by atoms with van der Waals surface area (Å²) in [5.41, 5.74) is -1.26. The van der Waals surface area contributed by atoms with E-state index < -0.39 is 11.4 Å². The summed E-state index contributed by atoms with van der Waals surface area (Å²) in [6.07, 6.45) is 0.303. The van der Waals surface area contributed by atoms with E-state index in [1.807, 2.05) is 55.4 Å². The van der Waals surface area contributed by atoms with Gasteiger partial charge in [0.2, 0.25) is 0 Å². The molecule has 0 aromatic heterocycles. The molecule has 0 aliphatic rings. The van der Waals surface area contributed by atoms with Gasteiger partial charge < -0.3 is 9.84 Å². The second kappa shape index (κ2) is 6.80. The van der Waals surface area contributed by atoms with Gasteiger partial charge in [-0.05, 0) is 23.2 Å². The minimum absolute atomic E-state index is 0.0970. The Bertz CT molecular complexity index is 371. The Balaban J connectivity index is 5.44. The summed E-state index contributed by atoms with van der Waals surface area (Å²) in [6, 6.07) is 0. The summed E-state index contributed by atoms with van der Waals surface area (Å²) < 4.78 is 5.48. The highest BCUT2D eigenvalue weighted by molar-refractivity contribution is 5.83. The Kier molecular flexibility index (Phi) is 6.46. The van der Waals surface area contributed by atoms with Crippen molar-refractivity contribution in [1.29, 1.82) is 0 Å². The summed E-state index contributed by atoms with van der Waals surface area (Å²) in [6.45, 7) is 16.1. The zero-order chi connectivity index (χ0) is 17.1. The molecule has 21 heavy (non-hydrogen) atoms. The van der Waals surface area contributed by atoms with Gasteiger partial charge in [-0.25, -0.2) is 0 Å². The third-order valence-electron chi connectivity index (χ3n) is 3.46. The highest BCUT2D eigenvalue weighted by Crippen LogP contribution is 2.43. The van der Waals surface area contributed by atoms with Crippen LogP contribution in [0.5, 0.6) is 0 Å². The van der Waals surface area contributed by atoms with Crippen molar-refractivity contribution in [3.63, 3.8) is 0 Å². The molecular formula is C17H32O4. The van der Waals surface area contributed by atoms with Crippen molar-refractivity contribution in [2.24, 2.45) is 22.2 Å². The molecule has 4 nitrogen and oxygen atoms in total. The lowest BCUT2D eigenvalue weighted by molar-refractivity contribution is -0.169. The van der Waals surface area contributed by atoms with E-state index in [2.05, 4.69) is 0 Å². The Morgan fingerprint density at radius 1 is 1.00 bits per heavy atom. The monoisotopic (exact) mass is 300 g/mol. The SMILES string of the molecule is CC(C)C(CC(=O)O)(CC(C)(C)C)C(=O)OCC(C)(C)C. The fourth-order valence-electron chi connectivity index (χ4n) is 2.49. The zero-order valence-corrected chi connectivity index (χ0v) is 14.9. The first-order chi connectivity index (χ1) is 9.19. The van der Waals surface area contributed by atoms with Crippen molar-refractivity contribution in [1.82, 2.24) is 0 Å². The second-order valence-electron chi connectivity index (χ2n) is 8.76. The Hall–Kier alpha value is -1.06. The lowest BCUT2D eigenvalue weighted by atomic mass is 9.65. The minimum atomic E-state index is -0.977. The van der Waals surface area contributed by atoms with Crippen LogP contribution in [0.1, 0.15) is 68.2 Å². The number of carbonyl (C=O) groups excluding carboxylic acids is 1. The standard InChI is InChI=1S/C17H32O4/c1-12(2)17(9-13(18)19,10-15(3,4)5)14(20)21-11-16(6,7)8/h12H,9-11H2,1-8H3,(H,18,19). The summed E-state index contributed by atoms with van der Waals surface area (Å²) in [7, 11) is 0. The third kappa shape index (κ3) is 6.96. The molecule has 0 heterocycles. The van der Waals surface area contributed by atoms with Gasteiger partial charge >= 0.3 is 11.9 Å². The lowest BCUT2D eigenvalue weighted by Crippen LogP contribution is -2.43. The smallest absolute Gasteiger partial charge is 0.312 e. The molecule has 0 fully saturated rings. The first-order valence-electron chi connectivity index (χ1n) is 7.59. The van der Waals surface area contributed by atoms with E-state index in [4.69, 9.17) is 4.74 Å². The summed E-state index contributed by atoms with van der Waals surface area (Å²) in [5.74, 6) is -1.44. The molecule has 0 aliphatic heterocycles. The highest BCUT2D eigenvalue weighted by atomic mass is 16.5. The molecule has 4 heteroatoms. The quantitative estimate of drug-likeness (QED) is 0.749. The van der Waals surface area contributed by atoms with E-state index in [0.717, 1.165) is 0 Å². The number of carbonyl (C=O) groups is 2. The van der Waals surface area contributed by atoms with Gasteiger partial charge in [0.05, 0.1) is 18.4 Å². The van der Waals surface area contributed by atoms with Crippen molar-refractivity contribution < 1.29 is 19.4 Å². The van der Waals surface area contributed by atoms with Crippen molar-refractivity contribution in [2.45, 2.75) is 68.2 Å². The molecule has 1 unspecified atom stereocenters. The van der Waals surface area contributed by atoms with E-state index in [9.17, 15) is 14.7 Å². The van der Waals surface area contributed by atoms with Crippen LogP contribution in [0.15, 0.2) is 0 Å². The van der Waals surface area contributed by atoms with E-state index in [0.29, 0.717) is 13.0 Å². The summed E-state index contributed by atoms with van der Waals surface area (Å²) in [5, 5.41) is 9.26. The Labute approximate surface area is 129 Å². The third-order valence-corrected chi connectivity index (χ3v) is 3.46. The van der Waals surface area contributed by atoms with Crippen molar-refractivity contribution in [2.75, 3.05) is 6.61 Å². The van der Waals surface area contributed by atoms with Crippen LogP contribution in [0.3, 0.4) is 0 Å². The van der Waals surface area contributed by atoms with Crippen molar-refractivity contribution in [3.8, 4) is 0 Å². The van der Waals surface area contributed by atoms with Gasteiger partial charge in [-0.2, -0.15) is 0 Å². The van der Waals surface area contributed by atoms with E-state index in [1.54, 1.807) is 0 Å². The first kappa shape index (κ1) is 19.9. The minimum Gasteiger partial charge on any atom is -0.481 e. The molecule has 0 amide bonds. The molecule has 0 aromatic carbocycles. The second-order valence-corrected chi connectivity index (χ2v) is 8.76. The van der Waals surface area contributed by atoms with E-state index >= 15 is 0 Å². The van der Waals surface area contributed by atoms with Crippen LogP contribution in [0, 0.1) is 22.2 Å². The number of hydrogen-bond acceptors (Lipinski definition) is 3. The molecule has 0 spiro atoms. The van der Waals surface area contributed by atoms with Crippen molar-refractivity contribution in [3.05, 3.63) is 0 Å². The number of carboxylic acids is 1. The van der Waals surface area contributed by atoms with Gasteiger partial charge in [0.25, 0.3) is 0 Å². The van der Waals surface area contributed by atoms with Crippen molar-refractivity contribution >= 4 is 11.9 Å². The maximum absolute atomic E-state index is 12.7. The maximum Gasteiger partial charge on any atom is 0.312 e. The summed E-state index contributed by atoms with van der Waals surface area (Å²) in [4.78, 5) is 24.0. The topological polar surface area (TPSA) is 63.6 Å². The number of aliphatic carboxylic acids is 1. The largest absolute Gasteiger partial charge is 0.481 e. The average molecular weight is 300 g/mol. The van der Waals surface area contributed by atoms with Gasteiger partial charge in [-0.15, -0.1) is 0 Å². The predicted molar refractivity (Wildman–Crippen MR) is 84.0 cm³/mol. The van der Waals surface area contributed by atoms with Gasteiger partial charge in [0.15, 0.2) is 0 Å². The van der Waals surface area contributed by atoms with Crippen LogP contribution < -0.4 is 0 Å². The van der Waals surface area contributed by atoms with Gasteiger partial charge in [-0.1, -0.05) is 55.4 Å². The number of hydrogen-bond donors (Lipinski definition) is 1. The number of carboxylic acid groups (broad SMARTS) is 1. The van der Waals surface area contributed by atoms with Crippen LogP contribution in [0.4, 0.5) is 0 Å². The Morgan fingerprint density at radius 3 is 1.76 bits per heavy atom. The number of esters is 1. The molecule has 1 N–H and O–H groups in total. The fraction of sp³-hybridized carbons (Fsp3) is 0.882. The maximum atomic E-state index is 12.7. The highest BCUT2D eigenvalue weighted by Gasteiger charge is 2.47. The molecular weight excluding hydrogens is 268 g/mol. The fourth-order valence-corrected chi connectivity index (χ4v) is 2.49. The summed E-state index contributed by atoms with van der Waals surface area (Å²) >= 11 is 0. The van der Waals surface area contributed by atoms with E-state index in [-0.39, 0.29) is 29.1 Å². The zero-order valence-electron chi connectivity index (χ0n) is 14.9. The first-order valence-corrected chi connectivity index (χ1v) is 7.59. The average Bonchev–Trinajstić information content (AvgIpc) is 2.20. The molecule has 0 aliphatic carbocycles. The number of ether oxygens (including phenoxy) is 1. The molecule has 0 radical (unpaired) electrons. The Morgan fingerprint density at radius 2 is 1.48 bits per heavy atom. The van der Waals surface area contributed by atoms with Crippen LogP contribution in [0.2, 0.25) is 0 Å². The predicted octanol–water partition coefficient (Wildman–Crippen LogP) is 4.13. The molecule has 1 atom stereocenters. The van der Waals surface area contributed by atoms with Gasteiger partial charge in [0, 0.05) is 0 Å². The van der Waals surface area contributed by atoms with Crippen LogP contribution in [-0.2, 0) is 14.3 Å². The molecule has 0 aromatic rings. The van der Waals surface area contributed by atoms with Gasteiger partial charge in [-0.3, -0.25) is 9.59 Å². The molecule has 124 valence electrons. The molecule has 0 bridgehead atoms. The van der Waals surface area contributed by atoms with Gasteiger partial charge in [0.1, 0.15) is 0 Å². The van der Waals surface area contributed by atoms with E-state index in [1.165, 1.54) is 0 Å². The normalized spacial score (nSPS) is 15.7.